The fraction of sp³-hybridized carbons (Fsp3) is 0.636. The number of nitrogens with one attached hydrogen (secondary N) is 1. The summed E-state index contributed by atoms with van der Waals surface area (Å²) < 4.78 is 42.2. The molecule has 0 spiro atoms. The number of aromatic nitrogens is 4. The van der Waals surface area contributed by atoms with Crippen molar-refractivity contribution in [2.24, 2.45) is 13.0 Å². The molecule has 4 heterocycles. The van der Waals surface area contributed by atoms with Crippen molar-refractivity contribution in [3.05, 3.63) is 34.2 Å². The highest BCUT2D eigenvalue weighted by atomic mass is 35.5. The molecule has 2 aromatic heterocycles. The zero-order valence-electron chi connectivity index (χ0n) is 29.0. The molecule has 13 nitrogen and oxygen atoms in total. The first kappa shape index (κ1) is 40.7. The van der Waals surface area contributed by atoms with Gasteiger partial charge in [0.15, 0.2) is 5.52 Å². The summed E-state index contributed by atoms with van der Waals surface area (Å²) >= 11 is 0. The van der Waals surface area contributed by atoms with Crippen LogP contribution in [-0.4, -0.2) is 114 Å². The number of hydrogen-bond acceptors (Lipinski definition) is 10. The maximum Gasteiger partial charge on any atom is 0.305 e. The van der Waals surface area contributed by atoms with Gasteiger partial charge in [0.25, 0.3) is 5.56 Å². The number of piperazine rings is 1. The first-order chi connectivity index (χ1) is 22.6. The standard InChI is InChI=1S/C33H49N7O6S.2ClH/c1-5-7-27-30-31(38(4)36-27)33(42)35-32(34-30)26-23-25(9-10-28(26)45-21-6-2)47(43,44)40-14-12-24(13-15-40)8-11-29(41)46-22-20-39-18-16-37(3)17-19-39;;/h9-10,23-24H,5-8,11-22H2,1-4H3,(H,34,35,42);2*1H. The van der Waals surface area contributed by atoms with Gasteiger partial charge >= 0.3 is 5.97 Å². The second-order valence-corrected chi connectivity index (χ2v) is 14.6. The van der Waals surface area contributed by atoms with Gasteiger partial charge < -0.3 is 19.4 Å². The highest BCUT2D eigenvalue weighted by molar-refractivity contribution is 7.89. The van der Waals surface area contributed by atoms with Crippen molar-refractivity contribution in [1.82, 2.24) is 33.9 Å². The number of carbonyl (C=O) groups excluding carboxylic acids is 1. The number of likely N-dealkylation sites (N-methyl/N-ethyl adjacent to an activating group) is 1. The van der Waals surface area contributed by atoms with E-state index < -0.39 is 10.0 Å². The molecule has 0 atom stereocenters. The number of fused-ring (bicyclic) bond motifs is 1. The number of rotatable bonds is 14. The van der Waals surface area contributed by atoms with Gasteiger partial charge in [0.05, 0.1) is 22.8 Å². The van der Waals surface area contributed by atoms with Crippen LogP contribution < -0.4 is 10.3 Å². The predicted octanol–water partition coefficient (Wildman–Crippen LogP) is 3.88. The number of aromatic amines is 1. The van der Waals surface area contributed by atoms with Crippen molar-refractivity contribution in [1.29, 1.82) is 0 Å². The minimum absolute atomic E-state index is 0. The van der Waals surface area contributed by atoms with E-state index in [1.165, 1.54) is 8.99 Å². The second kappa shape index (κ2) is 18.5. The molecule has 0 amide bonds. The van der Waals surface area contributed by atoms with Crippen molar-refractivity contribution >= 4 is 51.8 Å². The summed E-state index contributed by atoms with van der Waals surface area (Å²) in [6.07, 6.45) is 4.63. The summed E-state index contributed by atoms with van der Waals surface area (Å²) in [5.74, 6) is 0.753. The predicted molar refractivity (Wildman–Crippen MR) is 194 cm³/mol. The van der Waals surface area contributed by atoms with Gasteiger partial charge in [-0.2, -0.15) is 9.40 Å². The number of hydrogen-bond donors (Lipinski definition) is 1. The maximum absolute atomic E-state index is 13.9. The Morgan fingerprint density at radius 1 is 1.00 bits per heavy atom. The Morgan fingerprint density at radius 3 is 2.39 bits per heavy atom. The van der Waals surface area contributed by atoms with Crippen molar-refractivity contribution < 1.29 is 22.7 Å². The second-order valence-electron chi connectivity index (χ2n) is 12.7. The molecule has 1 N–H and O–H groups in total. The minimum Gasteiger partial charge on any atom is -0.493 e. The molecule has 0 bridgehead atoms. The highest BCUT2D eigenvalue weighted by Gasteiger charge is 2.31. The summed E-state index contributed by atoms with van der Waals surface area (Å²) in [5.41, 5.74) is 1.66. The molecule has 2 aliphatic heterocycles. The SMILES string of the molecule is CCCOc1ccc(S(=O)(=O)N2CCC(CCC(=O)OCCN3CCN(C)CC3)CC2)cc1-c1nc2c(CCC)nn(C)c2c(=O)[nH]1.Cl.Cl. The van der Waals surface area contributed by atoms with Crippen LogP contribution in [0.5, 0.6) is 5.75 Å². The lowest BCUT2D eigenvalue weighted by molar-refractivity contribution is -0.144. The van der Waals surface area contributed by atoms with Gasteiger partial charge in [-0.1, -0.05) is 20.3 Å². The van der Waals surface area contributed by atoms with E-state index in [1.807, 2.05) is 13.8 Å². The van der Waals surface area contributed by atoms with Crippen LogP contribution in [0.3, 0.4) is 0 Å². The van der Waals surface area contributed by atoms with Crippen LogP contribution in [0.1, 0.15) is 58.1 Å². The van der Waals surface area contributed by atoms with E-state index in [2.05, 4.69) is 26.9 Å². The summed E-state index contributed by atoms with van der Waals surface area (Å²) in [5, 5.41) is 4.50. The van der Waals surface area contributed by atoms with E-state index in [1.54, 1.807) is 25.2 Å². The Kier molecular flexibility index (Phi) is 15.3. The maximum atomic E-state index is 13.9. The number of sulfonamides is 1. The third-order valence-electron chi connectivity index (χ3n) is 9.15. The van der Waals surface area contributed by atoms with Gasteiger partial charge in [0.1, 0.15) is 23.7 Å². The molecule has 0 aliphatic carbocycles. The number of H-pyrrole nitrogens is 1. The molecular formula is C33H51Cl2N7O6S. The molecule has 3 aromatic rings. The fourth-order valence-electron chi connectivity index (χ4n) is 6.31. The smallest absolute Gasteiger partial charge is 0.305 e. The Morgan fingerprint density at radius 2 is 1.71 bits per heavy atom. The Labute approximate surface area is 301 Å². The largest absolute Gasteiger partial charge is 0.493 e. The third-order valence-corrected chi connectivity index (χ3v) is 11.0. The number of ether oxygens (including phenoxy) is 2. The van der Waals surface area contributed by atoms with Gasteiger partial charge in [-0.05, 0) is 63.3 Å². The van der Waals surface area contributed by atoms with Crippen LogP contribution in [0, 0.1) is 5.92 Å². The summed E-state index contributed by atoms with van der Waals surface area (Å²) in [4.78, 5) is 37.9. The number of carbonyl (C=O) groups is 1. The molecule has 1 aromatic carbocycles. The number of aryl methyl sites for hydroxylation is 2. The van der Waals surface area contributed by atoms with Crippen LogP contribution >= 0.6 is 24.8 Å². The molecule has 2 saturated heterocycles. The molecule has 0 unspecified atom stereocenters. The molecule has 2 fully saturated rings. The molecule has 49 heavy (non-hydrogen) atoms. The zero-order chi connectivity index (χ0) is 33.6. The van der Waals surface area contributed by atoms with Crippen LogP contribution in [0.2, 0.25) is 0 Å². The molecule has 0 radical (unpaired) electrons. The van der Waals surface area contributed by atoms with Crippen molar-refractivity contribution in [2.75, 3.05) is 66.1 Å². The third kappa shape index (κ3) is 9.95. The molecule has 274 valence electrons. The normalized spacial score (nSPS) is 16.7. The quantitative estimate of drug-likeness (QED) is 0.242. The van der Waals surface area contributed by atoms with Gasteiger partial charge in [-0.15, -0.1) is 24.8 Å². The summed E-state index contributed by atoms with van der Waals surface area (Å²) in [7, 11) is -0.00434. The fourth-order valence-corrected chi connectivity index (χ4v) is 7.81. The molecule has 16 heteroatoms. The molecular weight excluding hydrogens is 693 g/mol. The Bertz CT molecular complexity index is 1700. The Hall–Kier alpha value is -2.75. The average Bonchev–Trinajstić information content (AvgIpc) is 3.38. The number of nitrogens with zero attached hydrogens (tertiary/aromatic N) is 6. The van der Waals surface area contributed by atoms with Crippen molar-refractivity contribution in [3.63, 3.8) is 0 Å². The average molecular weight is 745 g/mol. The highest BCUT2D eigenvalue weighted by Crippen LogP contribution is 2.34. The van der Waals surface area contributed by atoms with Gasteiger partial charge in [0, 0.05) is 59.3 Å². The number of piperidine rings is 1. The Balaban J connectivity index is 0.00000325. The first-order valence-corrected chi connectivity index (χ1v) is 18.3. The lowest BCUT2D eigenvalue weighted by atomic mass is 9.93. The van der Waals surface area contributed by atoms with Crippen LogP contribution in [0.25, 0.3) is 22.4 Å². The number of halogens is 2. The van der Waals surface area contributed by atoms with E-state index in [9.17, 15) is 18.0 Å². The van der Waals surface area contributed by atoms with E-state index in [4.69, 9.17) is 14.5 Å². The lowest BCUT2D eigenvalue weighted by Crippen LogP contribution is -2.45. The first-order valence-electron chi connectivity index (χ1n) is 16.9. The number of esters is 1. The van der Waals surface area contributed by atoms with E-state index in [-0.39, 0.29) is 53.0 Å². The van der Waals surface area contributed by atoms with E-state index >= 15 is 0 Å². The van der Waals surface area contributed by atoms with E-state index in [0.29, 0.717) is 80.8 Å². The van der Waals surface area contributed by atoms with Gasteiger partial charge in [-0.25, -0.2) is 13.4 Å². The lowest BCUT2D eigenvalue weighted by Gasteiger charge is -2.32. The molecule has 0 saturated carbocycles. The van der Waals surface area contributed by atoms with Gasteiger partial charge in [-0.3, -0.25) is 19.2 Å². The minimum atomic E-state index is -3.83. The topological polar surface area (TPSA) is 143 Å². The van der Waals surface area contributed by atoms with Crippen molar-refractivity contribution in [3.8, 4) is 17.1 Å². The summed E-state index contributed by atoms with van der Waals surface area (Å²) in [6.45, 7) is 10.4. The molecule has 5 rings (SSSR count). The zero-order valence-corrected chi connectivity index (χ0v) is 31.4. The molecule has 2 aliphatic rings. The van der Waals surface area contributed by atoms with Crippen molar-refractivity contribution in [2.45, 2.75) is 63.7 Å². The van der Waals surface area contributed by atoms with Crippen LogP contribution in [0.4, 0.5) is 0 Å². The van der Waals surface area contributed by atoms with Gasteiger partial charge in [0.2, 0.25) is 10.0 Å². The van der Waals surface area contributed by atoms with E-state index in [0.717, 1.165) is 51.3 Å². The number of benzene rings is 1. The van der Waals surface area contributed by atoms with Crippen LogP contribution in [-0.2, 0) is 33.0 Å². The summed E-state index contributed by atoms with van der Waals surface area (Å²) in [6, 6.07) is 4.74. The van der Waals surface area contributed by atoms with Crippen LogP contribution in [0.15, 0.2) is 27.9 Å². The monoisotopic (exact) mass is 743 g/mol.